The van der Waals surface area contributed by atoms with Crippen LogP contribution in [-0.2, 0) is 14.8 Å². The number of hydrogen-bond donors (Lipinski definition) is 0. The molecule has 2 heterocycles. The van der Waals surface area contributed by atoms with Gasteiger partial charge in [0.05, 0.1) is 11.5 Å². The molecule has 1 amide bonds. The maximum atomic E-state index is 13.1. The molecule has 2 aromatic carbocycles. The van der Waals surface area contributed by atoms with Crippen LogP contribution in [0.1, 0.15) is 51.0 Å². The van der Waals surface area contributed by atoms with Crippen molar-refractivity contribution in [2.75, 3.05) is 32.8 Å². The molecule has 0 atom stereocenters. The van der Waals surface area contributed by atoms with Crippen LogP contribution in [0.4, 0.5) is 0 Å². The average molecular weight is 485 g/mol. The highest BCUT2D eigenvalue weighted by atomic mass is 32.2. The number of likely N-dealkylation sites (tertiary alicyclic amines) is 1. The van der Waals surface area contributed by atoms with Crippen LogP contribution in [0.3, 0.4) is 0 Å². The largest absolute Gasteiger partial charge is 0.493 e. The normalized spacial score (nSPS) is 18.9. The van der Waals surface area contributed by atoms with Crippen molar-refractivity contribution >= 4 is 15.9 Å². The highest BCUT2D eigenvalue weighted by Gasteiger charge is 2.35. The zero-order chi connectivity index (χ0) is 24.1. The molecule has 2 fully saturated rings. The van der Waals surface area contributed by atoms with Crippen LogP contribution >= 0.6 is 0 Å². The summed E-state index contributed by atoms with van der Waals surface area (Å²) in [6.07, 6.45) is 3.05. The Labute approximate surface area is 204 Å². The molecule has 2 aliphatic heterocycles. The summed E-state index contributed by atoms with van der Waals surface area (Å²) in [5.41, 5.74) is 1.12. The number of rotatable bonds is 7. The highest BCUT2D eigenvalue weighted by Crippen LogP contribution is 2.28. The lowest BCUT2D eigenvalue weighted by molar-refractivity contribution is -0.138. The molecular formula is C27H36N2O4S. The van der Waals surface area contributed by atoms with E-state index in [9.17, 15) is 13.2 Å². The van der Waals surface area contributed by atoms with Gasteiger partial charge in [0.2, 0.25) is 15.9 Å². The summed E-state index contributed by atoms with van der Waals surface area (Å²) in [5.74, 6) is 1.80. The number of carbonyl (C=O) groups excluding carboxylic acids is 1. The van der Waals surface area contributed by atoms with Gasteiger partial charge >= 0.3 is 0 Å². The number of piperidine rings is 2. The zero-order valence-corrected chi connectivity index (χ0v) is 21.0. The first-order valence-electron chi connectivity index (χ1n) is 12.4. The summed E-state index contributed by atoms with van der Waals surface area (Å²) in [4.78, 5) is 15.4. The second-order valence-electron chi connectivity index (χ2n) is 9.79. The van der Waals surface area contributed by atoms with Gasteiger partial charge in [-0.1, -0.05) is 44.2 Å². The van der Waals surface area contributed by atoms with Gasteiger partial charge in [0.1, 0.15) is 5.75 Å². The fourth-order valence-corrected chi connectivity index (χ4v) is 6.30. The van der Waals surface area contributed by atoms with Gasteiger partial charge in [-0.05, 0) is 67.3 Å². The molecule has 0 spiro atoms. The number of para-hydroxylation sites is 1. The van der Waals surface area contributed by atoms with E-state index in [1.165, 1.54) is 4.31 Å². The molecule has 34 heavy (non-hydrogen) atoms. The Morgan fingerprint density at radius 1 is 0.912 bits per heavy atom. The van der Waals surface area contributed by atoms with E-state index in [-0.39, 0.29) is 11.8 Å². The fraction of sp³-hybridized carbons (Fsp3) is 0.519. The first-order chi connectivity index (χ1) is 16.3. The molecule has 2 aliphatic rings. The summed E-state index contributed by atoms with van der Waals surface area (Å²) in [6.45, 7) is 7.15. The van der Waals surface area contributed by atoms with Gasteiger partial charge in [-0.15, -0.1) is 0 Å². The monoisotopic (exact) mass is 484 g/mol. The summed E-state index contributed by atoms with van der Waals surface area (Å²) in [5, 5.41) is 0. The van der Waals surface area contributed by atoms with E-state index < -0.39 is 10.0 Å². The fourth-order valence-electron chi connectivity index (χ4n) is 4.83. The molecule has 0 radical (unpaired) electrons. The summed E-state index contributed by atoms with van der Waals surface area (Å²) < 4.78 is 33.6. The van der Waals surface area contributed by atoms with Gasteiger partial charge in [-0.2, -0.15) is 4.31 Å². The van der Waals surface area contributed by atoms with E-state index in [1.807, 2.05) is 47.4 Å². The van der Waals surface area contributed by atoms with Crippen molar-refractivity contribution in [3.05, 3.63) is 60.2 Å². The third-order valence-electron chi connectivity index (χ3n) is 7.14. The van der Waals surface area contributed by atoms with Crippen LogP contribution in [0.5, 0.6) is 5.75 Å². The first kappa shape index (κ1) is 24.7. The number of amides is 1. The number of hydrogen-bond acceptors (Lipinski definition) is 4. The van der Waals surface area contributed by atoms with E-state index >= 15 is 0 Å². The number of ether oxygens (including phenoxy) is 1. The van der Waals surface area contributed by atoms with Crippen molar-refractivity contribution < 1.29 is 17.9 Å². The lowest BCUT2D eigenvalue weighted by Gasteiger charge is -2.37. The third-order valence-corrected chi connectivity index (χ3v) is 9.06. The van der Waals surface area contributed by atoms with Gasteiger partial charge in [-0.3, -0.25) is 4.79 Å². The van der Waals surface area contributed by atoms with E-state index in [0.29, 0.717) is 49.3 Å². The van der Waals surface area contributed by atoms with E-state index in [0.717, 1.165) is 37.2 Å². The molecule has 7 heteroatoms. The average Bonchev–Trinajstić information content (AvgIpc) is 2.88. The standard InChI is InChI=1S/C27H36N2O4S/c1-21(2)23-8-10-26(11-9-23)34(31,32)29-18-14-24(15-19-29)27(30)28-16-12-22(13-17-28)20-33-25-6-4-3-5-7-25/h3-11,21-22,24H,12-20H2,1-2H3. The lowest BCUT2D eigenvalue weighted by Crippen LogP contribution is -2.46. The van der Waals surface area contributed by atoms with Gasteiger partial charge < -0.3 is 9.64 Å². The molecule has 0 aromatic heterocycles. The molecule has 0 unspecified atom stereocenters. The second kappa shape index (κ2) is 10.9. The Balaban J connectivity index is 1.24. The van der Waals surface area contributed by atoms with Crippen molar-refractivity contribution in [1.29, 1.82) is 0 Å². The predicted molar refractivity (Wildman–Crippen MR) is 133 cm³/mol. The van der Waals surface area contributed by atoms with Gasteiger partial charge in [-0.25, -0.2) is 8.42 Å². The van der Waals surface area contributed by atoms with Crippen LogP contribution < -0.4 is 4.74 Å². The minimum atomic E-state index is -3.52. The molecule has 0 saturated carbocycles. The number of nitrogens with zero attached hydrogens (tertiary/aromatic N) is 2. The van der Waals surface area contributed by atoms with Gasteiger partial charge in [0.25, 0.3) is 0 Å². The van der Waals surface area contributed by atoms with Crippen molar-refractivity contribution in [2.24, 2.45) is 11.8 Å². The minimum absolute atomic E-state index is 0.0908. The zero-order valence-electron chi connectivity index (χ0n) is 20.2. The SMILES string of the molecule is CC(C)c1ccc(S(=O)(=O)N2CCC(C(=O)N3CCC(COc4ccccc4)CC3)CC2)cc1. The maximum absolute atomic E-state index is 13.1. The van der Waals surface area contributed by atoms with Crippen LogP contribution in [0.15, 0.2) is 59.5 Å². The lowest BCUT2D eigenvalue weighted by atomic mass is 9.93. The molecule has 184 valence electrons. The van der Waals surface area contributed by atoms with Crippen molar-refractivity contribution in [3.8, 4) is 5.75 Å². The maximum Gasteiger partial charge on any atom is 0.243 e. The van der Waals surface area contributed by atoms with Crippen molar-refractivity contribution in [1.82, 2.24) is 9.21 Å². The Morgan fingerprint density at radius 3 is 2.12 bits per heavy atom. The first-order valence-corrected chi connectivity index (χ1v) is 13.9. The quantitative estimate of drug-likeness (QED) is 0.579. The molecule has 2 saturated heterocycles. The molecule has 6 nitrogen and oxygen atoms in total. The number of benzene rings is 2. The Hall–Kier alpha value is -2.38. The van der Waals surface area contributed by atoms with E-state index in [2.05, 4.69) is 13.8 Å². The van der Waals surface area contributed by atoms with Crippen LogP contribution in [0, 0.1) is 11.8 Å². The summed E-state index contributed by atoms with van der Waals surface area (Å²) in [6, 6.07) is 17.0. The Kier molecular flexibility index (Phi) is 7.94. The molecule has 0 bridgehead atoms. The van der Waals surface area contributed by atoms with Gasteiger partial charge in [0, 0.05) is 32.1 Å². The van der Waals surface area contributed by atoms with Crippen LogP contribution in [0.25, 0.3) is 0 Å². The van der Waals surface area contributed by atoms with E-state index in [4.69, 9.17) is 4.74 Å². The second-order valence-corrected chi connectivity index (χ2v) is 11.7. The summed E-state index contributed by atoms with van der Waals surface area (Å²) in [7, 11) is -3.52. The van der Waals surface area contributed by atoms with Crippen LogP contribution in [-0.4, -0.2) is 56.3 Å². The minimum Gasteiger partial charge on any atom is -0.493 e. The molecule has 0 aliphatic carbocycles. The molecule has 2 aromatic rings. The number of sulfonamides is 1. The van der Waals surface area contributed by atoms with Crippen molar-refractivity contribution in [2.45, 2.75) is 50.3 Å². The van der Waals surface area contributed by atoms with Crippen molar-refractivity contribution in [3.63, 3.8) is 0 Å². The predicted octanol–water partition coefficient (Wildman–Crippen LogP) is 4.53. The smallest absolute Gasteiger partial charge is 0.243 e. The van der Waals surface area contributed by atoms with Crippen LogP contribution in [0.2, 0.25) is 0 Å². The Morgan fingerprint density at radius 2 is 1.53 bits per heavy atom. The van der Waals surface area contributed by atoms with Gasteiger partial charge in [0.15, 0.2) is 0 Å². The summed E-state index contributed by atoms with van der Waals surface area (Å²) >= 11 is 0. The third kappa shape index (κ3) is 5.81. The van der Waals surface area contributed by atoms with E-state index in [1.54, 1.807) is 12.1 Å². The molecular weight excluding hydrogens is 448 g/mol. The molecule has 4 rings (SSSR count). The highest BCUT2D eigenvalue weighted by molar-refractivity contribution is 7.89. The molecule has 0 N–H and O–H groups in total. The number of carbonyl (C=O) groups is 1. The Bertz CT molecular complexity index is 1040. The topological polar surface area (TPSA) is 66.9 Å².